The number of halogens is 1. The first kappa shape index (κ1) is 21.5. The van der Waals surface area contributed by atoms with Gasteiger partial charge in [0.15, 0.2) is 0 Å². The lowest BCUT2D eigenvalue weighted by molar-refractivity contribution is 0.227. The molecule has 1 fully saturated rings. The maximum atomic E-state index is 13.8. The van der Waals surface area contributed by atoms with E-state index >= 15 is 0 Å². The summed E-state index contributed by atoms with van der Waals surface area (Å²) >= 11 is 0. The molecule has 0 aliphatic carbocycles. The van der Waals surface area contributed by atoms with Crippen molar-refractivity contribution in [3.8, 4) is 0 Å². The van der Waals surface area contributed by atoms with Gasteiger partial charge < -0.3 is 10.6 Å². The van der Waals surface area contributed by atoms with Gasteiger partial charge in [-0.15, -0.1) is 0 Å². The molecule has 0 unspecified atom stereocenters. The second kappa shape index (κ2) is 8.50. The van der Waals surface area contributed by atoms with Crippen LogP contribution >= 0.6 is 0 Å². The van der Waals surface area contributed by atoms with E-state index in [-0.39, 0.29) is 28.8 Å². The second-order valence-corrected chi connectivity index (χ2v) is 10.0. The minimum atomic E-state index is -3.97. The summed E-state index contributed by atoms with van der Waals surface area (Å²) in [5.74, 6) is -0.630. The molecule has 1 aliphatic rings. The lowest BCUT2D eigenvalue weighted by atomic mass is 10.1. The molecule has 0 atom stereocenters. The summed E-state index contributed by atoms with van der Waals surface area (Å²) in [7, 11) is -7.21. The van der Waals surface area contributed by atoms with Crippen molar-refractivity contribution in [3.05, 3.63) is 29.6 Å². The normalized spacial score (nSPS) is 16.9. The van der Waals surface area contributed by atoms with Gasteiger partial charge in [-0.25, -0.2) is 35.5 Å². The monoisotopic (exact) mass is 422 g/mol. The molecule has 1 aliphatic heterocycles. The smallest absolute Gasteiger partial charge is 0.315 e. The number of sulfonamides is 2. The zero-order chi connectivity index (χ0) is 20.2. The predicted octanol–water partition coefficient (Wildman–Crippen LogP) is 0.0864. The molecule has 0 aromatic heterocycles. The Hall–Kier alpha value is -1.76. The number of urea groups is 1. The van der Waals surface area contributed by atoms with Crippen molar-refractivity contribution >= 4 is 26.1 Å². The third-order valence-electron chi connectivity index (χ3n) is 4.33. The van der Waals surface area contributed by atoms with Gasteiger partial charge in [-0.2, -0.15) is 0 Å². The number of nitrogens with two attached hydrogens (primary N) is 1. The first-order valence-electron chi connectivity index (χ1n) is 8.36. The maximum Gasteiger partial charge on any atom is 0.315 e. The van der Waals surface area contributed by atoms with Crippen molar-refractivity contribution in [2.75, 3.05) is 18.8 Å². The van der Waals surface area contributed by atoms with Crippen molar-refractivity contribution < 1.29 is 26.0 Å². The molecule has 2 amide bonds. The molecule has 1 saturated heterocycles. The summed E-state index contributed by atoms with van der Waals surface area (Å²) in [6, 6.07) is 2.34. The van der Waals surface area contributed by atoms with Gasteiger partial charge in [0.1, 0.15) is 5.82 Å². The zero-order valence-corrected chi connectivity index (χ0v) is 16.4. The minimum absolute atomic E-state index is 0.0134. The van der Waals surface area contributed by atoms with E-state index in [9.17, 15) is 26.0 Å². The molecule has 0 spiro atoms. The lowest BCUT2D eigenvalue weighted by Crippen LogP contribution is -2.49. The van der Waals surface area contributed by atoms with Crippen LogP contribution in [0.15, 0.2) is 23.1 Å². The number of hydrogen-bond acceptors (Lipinski definition) is 5. The Kier molecular flexibility index (Phi) is 6.78. The molecule has 27 heavy (non-hydrogen) atoms. The fraction of sp³-hybridized carbons (Fsp3) is 0.533. The first-order chi connectivity index (χ1) is 12.5. The van der Waals surface area contributed by atoms with Crippen molar-refractivity contribution in [2.24, 2.45) is 5.14 Å². The summed E-state index contributed by atoms with van der Waals surface area (Å²) < 4.78 is 61.5. The Morgan fingerprint density at radius 3 is 2.44 bits per heavy atom. The number of rotatable bonds is 6. The average Bonchev–Trinajstić information content (AvgIpc) is 2.60. The van der Waals surface area contributed by atoms with Crippen molar-refractivity contribution in [2.45, 2.75) is 37.2 Å². The topological polar surface area (TPSA) is 139 Å². The number of carbonyl (C=O) groups excluding carboxylic acids is 1. The van der Waals surface area contributed by atoms with E-state index in [1.54, 1.807) is 6.92 Å². The number of amides is 2. The van der Waals surface area contributed by atoms with Gasteiger partial charge in [-0.1, -0.05) is 0 Å². The highest BCUT2D eigenvalue weighted by molar-refractivity contribution is 7.89. The number of nitrogens with one attached hydrogen (secondary N) is 2. The highest BCUT2D eigenvalue weighted by atomic mass is 32.2. The third-order valence-corrected chi connectivity index (χ3v) is 7.12. The van der Waals surface area contributed by atoms with Crippen LogP contribution in [-0.2, 0) is 26.6 Å². The van der Waals surface area contributed by atoms with Crippen LogP contribution in [0.5, 0.6) is 0 Å². The Morgan fingerprint density at radius 1 is 1.26 bits per heavy atom. The van der Waals surface area contributed by atoms with Crippen molar-refractivity contribution in [1.82, 2.24) is 14.9 Å². The van der Waals surface area contributed by atoms with Gasteiger partial charge in [0.05, 0.1) is 10.6 Å². The van der Waals surface area contributed by atoms with Gasteiger partial charge in [0.2, 0.25) is 20.0 Å². The molecular formula is C15H23FN4O5S2. The molecule has 9 nitrogen and oxygen atoms in total. The van der Waals surface area contributed by atoms with Gasteiger partial charge in [-0.3, -0.25) is 0 Å². The van der Waals surface area contributed by atoms with Gasteiger partial charge in [-0.05, 0) is 38.0 Å². The Balaban J connectivity index is 1.87. The van der Waals surface area contributed by atoms with Crippen LogP contribution in [0.1, 0.15) is 25.3 Å². The largest absolute Gasteiger partial charge is 0.335 e. The van der Waals surface area contributed by atoms with Crippen LogP contribution < -0.4 is 15.8 Å². The van der Waals surface area contributed by atoms with E-state index in [1.165, 1.54) is 4.31 Å². The van der Waals surface area contributed by atoms with Crippen LogP contribution in [0.25, 0.3) is 0 Å². The molecular weight excluding hydrogens is 399 g/mol. The molecule has 1 aromatic rings. The molecule has 12 heteroatoms. The molecule has 4 N–H and O–H groups in total. The fourth-order valence-corrected chi connectivity index (χ4v) is 4.43. The summed E-state index contributed by atoms with van der Waals surface area (Å²) in [5, 5.41) is 10.2. The summed E-state index contributed by atoms with van der Waals surface area (Å²) in [4.78, 5) is 11.7. The van der Waals surface area contributed by atoms with E-state index in [4.69, 9.17) is 5.14 Å². The number of benzene rings is 1. The van der Waals surface area contributed by atoms with E-state index < -0.39 is 31.9 Å². The quantitative estimate of drug-likeness (QED) is 0.596. The summed E-state index contributed by atoms with van der Waals surface area (Å²) in [6.45, 7) is 2.01. The highest BCUT2D eigenvalue weighted by Gasteiger charge is 2.27. The van der Waals surface area contributed by atoms with Gasteiger partial charge in [0.25, 0.3) is 0 Å². The Bertz CT molecular complexity index is 897. The minimum Gasteiger partial charge on any atom is -0.335 e. The second-order valence-electron chi connectivity index (χ2n) is 6.20. The molecule has 152 valence electrons. The number of primary sulfonamides is 1. The summed E-state index contributed by atoms with van der Waals surface area (Å²) in [5.41, 5.74) is -0.0134. The molecule has 1 aromatic carbocycles. The van der Waals surface area contributed by atoms with Crippen LogP contribution in [0.4, 0.5) is 9.18 Å². The van der Waals surface area contributed by atoms with Crippen LogP contribution in [0.2, 0.25) is 0 Å². The van der Waals surface area contributed by atoms with Crippen molar-refractivity contribution in [1.29, 1.82) is 0 Å². The number of carbonyl (C=O) groups is 1. The van der Waals surface area contributed by atoms with Crippen LogP contribution in [0.3, 0.4) is 0 Å². The lowest BCUT2D eigenvalue weighted by Gasteiger charge is -2.31. The SMILES string of the molecule is CCS(=O)(=O)N1CCC(NC(=O)NCc2cc(S(N)(=O)=O)ccc2F)CC1. The van der Waals surface area contributed by atoms with E-state index in [1.807, 2.05) is 0 Å². The predicted molar refractivity (Wildman–Crippen MR) is 97.2 cm³/mol. The Morgan fingerprint density at radius 2 is 1.89 bits per heavy atom. The maximum absolute atomic E-state index is 13.8. The van der Waals surface area contributed by atoms with E-state index in [0.29, 0.717) is 25.9 Å². The molecule has 1 heterocycles. The van der Waals surface area contributed by atoms with Crippen molar-refractivity contribution in [3.63, 3.8) is 0 Å². The third kappa shape index (κ3) is 5.86. The zero-order valence-electron chi connectivity index (χ0n) is 14.8. The molecule has 0 saturated carbocycles. The average molecular weight is 423 g/mol. The van der Waals surface area contributed by atoms with E-state index in [0.717, 1.165) is 18.2 Å². The number of piperidine rings is 1. The Labute approximate surface area is 158 Å². The van der Waals surface area contributed by atoms with Gasteiger partial charge >= 0.3 is 6.03 Å². The van der Waals surface area contributed by atoms with Crippen LogP contribution in [0, 0.1) is 5.82 Å². The molecule has 0 bridgehead atoms. The van der Waals surface area contributed by atoms with Gasteiger partial charge in [0, 0.05) is 31.2 Å². The highest BCUT2D eigenvalue weighted by Crippen LogP contribution is 2.15. The van der Waals surface area contributed by atoms with E-state index in [2.05, 4.69) is 10.6 Å². The number of nitrogens with zero attached hydrogens (tertiary/aromatic N) is 1. The fourth-order valence-electron chi connectivity index (χ4n) is 2.74. The van der Waals surface area contributed by atoms with Crippen LogP contribution in [-0.4, -0.2) is 52.1 Å². The summed E-state index contributed by atoms with van der Waals surface area (Å²) in [6.07, 6.45) is 0.948. The molecule has 2 rings (SSSR count). The molecule has 0 radical (unpaired) electrons. The number of hydrogen-bond donors (Lipinski definition) is 3. The standard InChI is InChI=1S/C15H23FN4O5S2/c1-2-26(22,23)20-7-5-12(6-8-20)19-15(21)18-10-11-9-13(27(17,24)25)3-4-14(11)16/h3-4,9,12H,2,5-8,10H2,1H3,(H2,17,24,25)(H2,18,19,21). The first-order valence-corrected chi connectivity index (χ1v) is 11.5.